The molecule has 0 saturated carbocycles. The van der Waals surface area contributed by atoms with Crippen LogP contribution in [0, 0.1) is 0 Å². The van der Waals surface area contributed by atoms with E-state index in [1.807, 2.05) is 24.3 Å². The Morgan fingerprint density at radius 3 is 1.65 bits per heavy atom. The van der Waals surface area contributed by atoms with Crippen molar-refractivity contribution in [3.05, 3.63) is 83.9 Å². The number of hydrogen-bond acceptors (Lipinski definition) is 7. The summed E-state index contributed by atoms with van der Waals surface area (Å²) in [5.74, 6) is -0.933. The van der Waals surface area contributed by atoms with Gasteiger partial charge in [0.05, 0.1) is 17.2 Å². The fraction of sp³-hybridized carbons (Fsp3) is 0.467. The average Bonchev–Trinajstić information content (AvgIpc) is 2.85. The van der Waals surface area contributed by atoms with Gasteiger partial charge in [0.2, 0.25) is 0 Å². The smallest absolute Gasteiger partial charge is 0.338 e. The fourth-order valence-electron chi connectivity index (χ4n) is 4.56. The molecule has 0 saturated heterocycles. The number of carbonyl (C=O) groups is 2. The molecule has 10 heteroatoms. The van der Waals surface area contributed by atoms with E-state index in [-0.39, 0.29) is 6.61 Å². The molecule has 40 heavy (non-hydrogen) atoms. The van der Waals surface area contributed by atoms with Gasteiger partial charge >= 0.3 is 11.9 Å². The molecule has 3 rings (SSSR count). The second-order valence-corrected chi connectivity index (χ2v) is 26.4. The summed E-state index contributed by atoms with van der Waals surface area (Å²) in [7, 11) is -6.73. The number of ether oxygens (including phenoxy) is 2. The average molecular weight is 601 g/mol. The Morgan fingerprint density at radius 1 is 0.675 bits per heavy atom. The van der Waals surface area contributed by atoms with Crippen LogP contribution in [0.2, 0.25) is 58.9 Å². The quantitative estimate of drug-likeness (QED) is 0.162. The van der Waals surface area contributed by atoms with Crippen molar-refractivity contribution in [1.29, 1.82) is 0 Å². The van der Waals surface area contributed by atoms with E-state index in [1.54, 1.807) is 48.5 Å². The Hall–Kier alpha value is -2.35. The minimum absolute atomic E-state index is 0.126. The molecule has 4 atom stereocenters. The van der Waals surface area contributed by atoms with Crippen LogP contribution in [0.3, 0.4) is 0 Å². The number of esters is 2. The van der Waals surface area contributed by atoms with Gasteiger partial charge in [-0.2, -0.15) is 0 Å². The van der Waals surface area contributed by atoms with Gasteiger partial charge in [0.15, 0.2) is 25.0 Å². The second kappa shape index (κ2) is 12.7. The van der Waals surface area contributed by atoms with Gasteiger partial charge in [0.1, 0.15) is 24.4 Å². The van der Waals surface area contributed by atoms with E-state index in [0.717, 1.165) is 0 Å². The van der Waals surface area contributed by atoms with Crippen molar-refractivity contribution < 1.29 is 32.3 Å². The summed E-state index contributed by atoms with van der Waals surface area (Å²) >= 11 is 0. The third kappa shape index (κ3) is 9.08. The van der Waals surface area contributed by atoms with E-state index in [4.69, 9.17) is 22.8 Å². The molecule has 0 fully saturated rings. The Bertz CT molecular complexity index is 1170. The predicted molar refractivity (Wildman–Crippen MR) is 165 cm³/mol. The van der Waals surface area contributed by atoms with Gasteiger partial charge in [-0.3, -0.25) is 0 Å². The van der Waals surface area contributed by atoms with Crippen LogP contribution in [0.1, 0.15) is 20.7 Å². The van der Waals surface area contributed by atoms with Crippen LogP contribution in [-0.4, -0.2) is 67.4 Å². The monoisotopic (exact) mass is 600 g/mol. The lowest BCUT2D eigenvalue weighted by molar-refractivity contribution is -0.163. The summed E-state index contributed by atoms with van der Waals surface area (Å²) in [6.07, 6.45) is 1.59. The molecule has 0 heterocycles. The summed E-state index contributed by atoms with van der Waals surface area (Å²) in [5, 5.41) is 0. The zero-order valence-corrected chi connectivity index (χ0v) is 28.2. The van der Waals surface area contributed by atoms with Crippen LogP contribution in [0.15, 0.2) is 72.8 Å². The maximum atomic E-state index is 13.2. The van der Waals surface area contributed by atoms with Crippen LogP contribution in [0.25, 0.3) is 0 Å². The minimum Gasteiger partial charge on any atom is -0.459 e. The van der Waals surface area contributed by atoms with Crippen LogP contribution in [0.5, 0.6) is 0 Å². The molecule has 2 aromatic carbocycles. The lowest BCUT2D eigenvalue weighted by Gasteiger charge is -2.53. The first-order chi connectivity index (χ1) is 18.5. The van der Waals surface area contributed by atoms with Gasteiger partial charge in [-0.1, -0.05) is 42.5 Å². The summed E-state index contributed by atoms with van der Waals surface area (Å²) in [5.41, 5.74) is -0.365. The van der Waals surface area contributed by atoms with Gasteiger partial charge in [-0.05, 0) is 89.3 Å². The molecule has 2 aromatic rings. The van der Waals surface area contributed by atoms with Crippen molar-refractivity contribution in [3.8, 4) is 0 Å². The van der Waals surface area contributed by atoms with E-state index < -0.39 is 60.8 Å². The second-order valence-electron chi connectivity index (χ2n) is 13.0. The number of benzene rings is 2. The Kier molecular flexibility index (Phi) is 10.2. The van der Waals surface area contributed by atoms with E-state index in [2.05, 4.69) is 58.9 Å². The highest BCUT2D eigenvalue weighted by molar-refractivity contribution is 6.70. The summed E-state index contributed by atoms with van der Waals surface area (Å²) in [4.78, 5) is 26.4. The van der Waals surface area contributed by atoms with Gasteiger partial charge < -0.3 is 22.8 Å². The van der Waals surface area contributed by atoms with E-state index in [9.17, 15) is 9.59 Å². The number of rotatable bonds is 11. The van der Waals surface area contributed by atoms with Crippen molar-refractivity contribution in [2.75, 3.05) is 6.61 Å². The normalized spacial score (nSPS) is 23.5. The first kappa shape index (κ1) is 32.2. The van der Waals surface area contributed by atoms with Gasteiger partial charge in [0, 0.05) is 0 Å². The van der Waals surface area contributed by atoms with Crippen LogP contribution < -0.4 is 0 Å². The molecule has 1 aliphatic rings. The van der Waals surface area contributed by atoms with Crippen LogP contribution in [-0.2, 0) is 22.8 Å². The van der Waals surface area contributed by atoms with Crippen LogP contribution in [0.4, 0.5) is 0 Å². The summed E-state index contributed by atoms with van der Waals surface area (Å²) in [6, 6.07) is 17.7. The lowest BCUT2D eigenvalue weighted by atomic mass is 9.82. The molecule has 0 amide bonds. The van der Waals surface area contributed by atoms with E-state index in [1.165, 1.54) is 0 Å². The lowest BCUT2D eigenvalue weighted by Crippen LogP contribution is -2.69. The molecular formula is C30H44O7Si3. The number of carbonyl (C=O) groups excluding carboxylic acids is 2. The van der Waals surface area contributed by atoms with Crippen LogP contribution >= 0.6 is 0 Å². The van der Waals surface area contributed by atoms with Crippen molar-refractivity contribution in [2.45, 2.75) is 82.8 Å². The maximum Gasteiger partial charge on any atom is 0.338 e. The minimum atomic E-state index is -2.33. The third-order valence-corrected chi connectivity index (χ3v) is 8.80. The largest absolute Gasteiger partial charge is 0.459 e. The highest BCUT2D eigenvalue weighted by Crippen LogP contribution is 2.40. The fourth-order valence-corrected chi connectivity index (χ4v) is 8.13. The molecule has 0 aliphatic heterocycles. The van der Waals surface area contributed by atoms with Gasteiger partial charge in [-0.15, -0.1) is 0 Å². The topological polar surface area (TPSA) is 80.3 Å². The Labute approximate surface area is 242 Å². The van der Waals surface area contributed by atoms with Gasteiger partial charge in [-0.25, -0.2) is 9.59 Å². The SMILES string of the molecule is C[Si](C)(C)O[C@H]1C=C[C@@H](OC(=O)c2ccccc2)[C@H](O[Si](C)(C)C)[C@]1(COC(=O)c1ccccc1)O[Si](C)(C)C. The summed E-state index contributed by atoms with van der Waals surface area (Å²) < 4.78 is 32.6. The molecule has 0 bridgehead atoms. The molecule has 218 valence electrons. The molecule has 1 aliphatic carbocycles. The zero-order chi connectivity index (χ0) is 29.8. The van der Waals surface area contributed by atoms with Crippen molar-refractivity contribution in [2.24, 2.45) is 0 Å². The molecular weight excluding hydrogens is 557 g/mol. The van der Waals surface area contributed by atoms with Crippen molar-refractivity contribution in [3.63, 3.8) is 0 Å². The standard InChI is InChI=1S/C30H44O7Si3/c1-38(2,3)35-26-21-20-25(34-29(32)24-18-14-11-15-19-24)27(36-39(4,5)6)30(26,37-40(7,8)9)22-33-28(31)23-16-12-10-13-17-23/h10-21,25-27H,22H2,1-9H3/t25-,26+,27+,30-/m1/s1. The van der Waals surface area contributed by atoms with Crippen molar-refractivity contribution >= 4 is 36.9 Å². The predicted octanol–water partition coefficient (Wildman–Crippen LogP) is 6.67. The first-order valence-electron chi connectivity index (χ1n) is 13.7. The molecule has 0 radical (unpaired) electrons. The molecule has 0 spiro atoms. The van der Waals surface area contributed by atoms with E-state index >= 15 is 0 Å². The maximum absolute atomic E-state index is 13.2. The van der Waals surface area contributed by atoms with E-state index in [0.29, 0.717) is 11.1 Å². The molecule has 0 N–H and O–H groups in total. The summed E-state index contributed by atoms with van der Waals surface area (Å²) in [6.45, 7) is 18.6. The Morgan fingerprint density at radius 2 is 1.18 bits per heavy atom. The Balaban J connectivity index is 2.12. The van der Waals surface area contributed by atoms with Crippen molar-refractivity contribution in [1.82, 2.24) is 0 Å². The number of hydrogen-bond donors (Lipinski definition) is 0. The zero-order valence-electron chi connectivity index (χ0n) is 25.2. The highest BCUT2D eigenvalue weighted by atomic mass is 28.4. The highest BCUT2D eigenvalue weighted by Gasteiger charge is 2.58. The molecule has 0 aromatic heterocycles. The van der Waals surface area contributed by atoms with Gasteiger partial charge in [0.25, 0.3) is 0 Å². The molecule has 7 nitrogen and oxygen atoms in total. The first-order valence-corrected chi connectivity index (χ1v) is 23.9. The third-order valence-electron chi connectivity index (χ3n) is 5.89. The molecule has 0 unspecified atom stereocenters.